The number of amides is 1. The molecule has 0 saturated carbocycles. The Hall–Kier alpha value is -1.69. The zero-order valence-corrected chi connectivity index (χ0v) is 12.6. The molecule has 1 aromatic rings. The Morgan fingerprint density at radius 3 is 2.95 bits per heavy atom. The number of hydrogen-bond acceptors (Lipinski definition) is 4. The van der Waals surface area contributed by atoms with E-state index < -0.39 is 5.97 Å². The molecule has 0 spiro atoms. The molecule has 2 atom stereocenters. The van der Waals surface area contributed by atoms with Crippen molar-refractivity contribution in [1.29, 1.82) is 0 Å². The minimum absolute atomic E-state index is 0.0449. The standard InChI is InChI=1S/C14H18ClN3O3/c1-9(5-13(19)20)10-3-2-4-18(8-10)14(21)11-6-16-7-12(15)17-11/h6-7,9-10H,2-5,8H2,1H3,(H,19,20). The summed E-state index contributed by atoms with van der Waals surface area (Å²) in [6, 6.07) is 0. The van der Waals surface area contributed by atoms with Gasteiger partial charge in [-0.05, 0) is 24.7 Å². The lowest BCUT2D eigenvalue weighted by atomic mass is 9.84. The number of aliphatic carboxylic acids is 1. The highest BCUT2D eigenvalue weighted by atomic mass is 35.5. The molecular formula is C14H18ClN3O3. The van der Waals surface area contributed by atoms with Gasteiger partial charge < -0.3 is 10.0 Å². The molecular weight excluding hydrogens is 294 g/mol. The third-order valence-electron chi connectivity index (χ3n) is 3.87. The Labute approximate surface area is 128 Å². The number of hydrogen-bond donors (Lipinski definition) is 1. The molecule has 0 aromatic carbocycles. The minimum atomic E-state index is -0.799. The first-order valence-corrected chi connectivity index (χ1v) is 7.33. The molecule has 1 aromatic heterocycles. The summed E-state index contributed by atoms with van der Waals surface area (Å²) < 4.78 is 0. The predicted molar refractivity (Wildman–Crippen MR) is 77.1 cm³/mol. The topological polar surface area (TPSA) is 83.4 Å². The fourth-order valence-electron chi connectivity index (χ4n) is 2.71. The van der Waals surface area contributed by atoms with Crippen LogP contribution in [0.5, 0.6) is 0 Å². The number of carboxylic acid groups (broad SMARTS) is 1. The van der Waals surface area contributed by atoms with Crippen LogP contribution >= 0.6 is 11.6 Å². The van der Waals surface area contributed by atoms with Crippen LogP contribution in [0, 0.1) is 11.8 Å². The van der Waals surface area contributed by atoms with Crippen LogP contribution in [0.4, 0.5) is 0 Å². The van der Waals surface area contributed by atoms with Gasteiger partial charge in [0.25, 0.3) is 5.91 Å². The van der Waals surface area contributed by atoms with Gasteiger partial charge in [-0.25, -0.2) is 4.98 Å². The number of piperidine rings is 1. The summed E-state index contributed by atoms with van der Waals surface area (Å²) in [5, 5.41) is 9.07. The maximum absolute atomic E-state index is 12.4. The molecule has 1 amide bonds. The third kappa shape index (κ3) is 4.14. The molecule has 2 rings (SSSR count). The van der Waals surface area contributed by atoms with Crippen LogP contribution in [0.1, 0.15) is 36.7 Å². The molecule has 1 saturated heterocycles. The second-order valence-corrected chi connectivity index (χ2v) is 5.84. The van der Waals surface area contributed by atoms with E-state index >= 15 is 0 Å². The minimum Gasteiger partial charge on any atom is -0.481 e. The van der Waals surface area contributed by atoms with Crippen molar-refractivity contribution in [3.63, 3.8) is 0 Å². The van der Waals surface area contributed by atoms with Gasteiger partial charge in [-0.2, -0.15) is 0 Å². The SMILES string of the molecule is CC(CC(=O)O)C1CCCN(C(=O)c2cncc(Cl)n2)C1. The van der Waals surface area contributed by atoms with Crippen LogP contribution in [-0.4, -0.2) is 44.9 Å². The quantitative estimate of drug-likeness (QED) is 0.920. The van der Waals surface area contributed by atoms with Crippen molar-refractivity contribution in [2.45, 2.75) is 26.2 Å². The Balaban J connectivity index is 2.03. The molecule has 1 aliphatic rings. The van der Waals surface area contributed by atoms with Crippen LogP contribution in [0.2, 0.25) is 5.15 Å². The van der Waals surface area contributed by atoms with Crippen LogP contribution in [0.15, 0.2) is 12.4 Å². The Morgan fingerprint density at radius 2 is 2.29 bits per heavy atom. The van der Waals surface area contributed by atoms with Gasteiger partial charge >= 0.3 is 5.97 Å². The highest BCUT2D eigenvalue weighted by Gasteiger charge is 2.29. The summed E-state index contributed by atoms with van der Waals surface area (Å²) in [5.74, 6) is -0.752. The largest absolute Gasteiger partial charge is 0.481 e. The van der Waals surface area contributed by atoms with Crippen molar-refractivity contribution in [2.75, 3.05) is 13.1 Å². The average Bonchev–Trinajstić information content (AvgIpc) is 2.46. The van der Waals surface area contributed by atoms with Crippen molar-refractivity contribution in [3.8, 4) is 0 Å². The van der Waals surface area contributed by atoms with Gasteiger partial charge in [-0.1, -0.05) is 18.5 Å². The monoisotopic (exact) mass is 311 g/mol. The van der Waals surface area contributed by atoms with Crippen LogP contribution < -0.4 is 0 Å². The molecule has 1 aliphatic heterocycles. The van der Waals surface area contributed by atoms with Crippen LogP contribution in [-0.2, 0) is 4.79 Å². The van der Waals surface area contributed by atoms with E-state index in [1.54, 1.807) is 4.90 Å². The Morgan fingerprint density at radius 1 is 1.52 bits per heavy atom. The molecule has 21 heavy (non-hydrogen) atoms. The van der Waals surface area contributed by atoms with Gasteiger partial charge in [0.2, 0.25) is 0 Å². The summed E-state index contributed by atoms with van der Waals surface area (Å²) in [6.45, 7) is 3.14. The smallest absolute Gasteiger partial charge is 0.303 e. The fourth-order valence-corrected chi connectivity index (χ4v) is 2.86. The number of carbonyl (C=O) groups is 2. The molecule has 7 heteroatoms. The molecule has 6 nitrogen and oxygen atoms in total. The third-order valence-corrected chi connectivity index (χ3v) is 4.05. The fraction of sp³-hybridized carbons (Fsp3) is 0.571. The van der Waals surface area contributed by atoms with Gasteiger partial charge in [0, 0.05) is 19.5 Å². The second-order valence-electron chi connectivity index (χ2n) is 5.46. The summed E-state index contributed by atoms with van der Waals surface area (Å²) in [4.78, 5) is 32.8. The van der Waals surface area contributed by atoms with Crippen LogP contribution in [0.3, 0.4) is 0 Å². The van der Waals surface area contributed by atoms with E-state index in [4.69, 9.17) is 16.7 Å². The first kappa shape index (κ1) is 15.7. The summed E-state index contributed by atoms with van der Waals surface area (Å²) >= 11 is 5.75. The lowest BCUT2D eigenvalue weighted by molar-refractivity contribution is -0.138. The number of nitrogens with zero attached hydrogens (tertiary/aromatic N) is 3. The molecule has 1 N–H and O–H groups in total. The number of likely N-dealkylation sites (tertiary alicyclic amines) is 1. The zero-order valence-electron chi connectivity index (χ0n) is 11.8. The number of rotatable bonds is 4. The predicted octanol–water partition coefficient (Wildman–Crippen LogP) is 2.09. The second kappa shape index (κ2) is 6.85. The summed E-state index contributed by atoms with van der Waals surface area (Å²) in [5.41, 5.74) is 0.231. The van der Waals surface area contributed by atoms with Crippen molar-refractivity contribution in [3.05, 3.63) is 23.2 Å². The molecule has 0 bridgehead atoms. The van der Waals surface area contributed by atoms with Gasteiger partial charge in [-0.15, -0.1) is 0 Å². The molecule has 1 fully saturated rings. The van der Waals surface area contributed by atoms with E-state index in [2.05, 4.69) is 9.97 Å². The van der Waals surface area contributed by atoms with Gasteiger partial charge in [0.05, 0.1) is 12.4 Å². The highest BCUT2D eigenvalue weighted by Crippen LogP contribution is 2.26. The Bertz CT molecular complexity index is 538. The highest BCUT2D eigenvalue weighted by molar-refractivity contribution is 6.29. The van der Waals surface area contributed by atoms with Gasteiger partial charge in [0.1, 0.15) is 10.8 Å². The maximum atomic E-state index is 12.4. The number of carboxylic acids is 1. The lowest BCUT2D eigenvalue weighted by Gasteiger charge is -2.35. The number of halogens is 1. The zero-order chi connectivity index (χ0) is 15.4. The molecule has 0 aliphatic carbocycles. The molecule has 114 valence electrons. The number of carbonyl (C=O) groups excluding carboxylic acids is 1. The van der Waals surface area contributed by atoms with E-state index in [0.717, 1.165) is 12.8 Å². The Kier molecular flexibility index (Phi) is 5.12. The molecule has 0 radical (unpaired) electrons. The number of aromatic nitrogens is 2. The van der Waals surface area contributed by atoms with E-state index in [-0.39, 0.29) is 35.0 Å². The first-order valence-electron chi connectivity index (χ1n) is 6.96. The average molecular weight is 312 g/mol. The van der Waals surface area contributed by atoms with Crippen molar-refractivity contribution >= 4 is 23.5 Å². The van der Waals surface area contributed by atoms with Crippen molar-refractivity contribution < 1.29 is 14.7 Å². The molecule has 2 unspecified atom stereocenters. The van der Waals surface area contributed by atoms with E-state index in [1.165, 1.54) is 12.4 Å². The normalized spacial score (nSPS) is 20.1. The maximum Gasteiger partial charge on any atom is 0.303 e. The van der Waals surface area contributed by atoms with E-state index in [9.17, 15) is 9.59 Å². The summed E-state index contributed by atoms with van der Waals surface area (Å²) in [6.07, 6.45) is 4.72. The van der Waals surface area contributed by atoms with Crippen molar-refractivity contribution in [2.24, 2.45) is 11.8 Å². The van der Waals surface area contributed by atoms with Gasteiger partial charge in [-0.3, -0.25) is 14.6 Å². The first-order chi connectivity index (χ1) is 9.97. The van der Waals surface area contributed by atoms with Gasteiger partial charge in [0.15, 0.2) is 0 Å². The van der Waals surface area contributed by atoms with Crippen molar-refractivity contribution in [1.82, 2.24) is 14.9 Å². The summed E-state index contributed by atoms with van der Waals surface area (Å²) in [7, 11) is 0. The lowest BCUT2D eigenvalue weighted by Crippen LogP contribution is -2.42. The van der Waals surface area contributed by atoms with E-state index in [0.29, 0.717) is 13.1 Å². The molecule has 2 heterocycles. The van der Waals surface area contributed by atoms with Crippen LogP contribution in [0.25, 0.3) is 0 Å². The van der Waals surface area contributed by atoms with E-state index in [1.807, 2.05) is 6.92 Å².